The Bertz CT molecular complexity index is 1270. The molecule has 7 nitrogen and oxygen atoms in total. The molecule has 8 heteroatoms. The third kappa shape index (κ3) is 2.76. The first-order chi connectivity index (χ1) is 13.1. The van der Waals surface area contributed by atoms with Crippen LogP contribution in [-0.2, 0) is 0 Å². The minimum atomic E-state index is -0.523. The molecule has 3 heterocycles. The Labute approximate surface area is 157 Å². The summed E-state index contributed by atoms with van der Waals surface area (Å²) < 4.78 is 2.99. The molecular formula is C19H14ClN5O2. The van der Waals surface area contributed by atoms with Gasteiger partial charge in [0.05, 0.1) is 0 Å². The van der Waals surface area contributed by atoms with Crippen LogP contribution in [0.15, 0.2) is 64.6 Å². The molecule has 1 saturated carbocycles. The number of aromatic amines is 1. The molecule has 1 aliphatic carbocycles. The zero-order valence-corrected chi connectivity index (χ0v) is 14.8. The van der Waals surface area contributed by atoms with Crippen molar-refractivity contribution in [3.05, 3.63) is 92.0 Å². The van der Waals surface area contributed by atoms with Crippen molar-refractivity contribution < 1.29 is 0 Å². The van der Waals surface area contributed by atoms with Crippen molar-refractivity contribution in [2.24, 2.45) is 0 Å². The van der Waals surface area contributed by atoms with Crippen LogP contribution in [-0.4, -0.2) is 24.1 Å². The minimum Gasteiger partial charge on any atom is -0.274 e. The maximum Gasteiger partial charge on any atom is 0.334 e. The molecule has 0 spiro atoms. The highest BCUT2D eigenvalue weighted by molar-refractivity contribution is 6.30. The van der Waals surface area contributed by atoms with E-state index >= 15 is 0 Å². The average Bonchev–Trinajstić information content (AvgIpc) is 3.30. The summed E-state index contributed by atoms with van der Waals surface area (Å²) in [6, 6.07) is 11.1. The van der Waals surface area contributed by atoms with E-state index in [0.717, 1.165) is 22.7 Å². The summed E-state index contributed by atoms with van der Waals surface area (Å²) >= 11 is 5.99. The Morgan fingerprint density at radius 3 is 2.67 bits per heavy atom. The van der Waals surface area contributed by atoms with Crippen LogP contribution in [0, 0.1) is 0 Å². The number of rotatable bonds is 3. The number of benzene rings is 1. The lowest BCUT2D eigenvalue weighted by molar-refractivity contribution is 0.802. The van der Waals surface area contributed by atoms with Gasteiger partial charge in [-0.05, 0) is 42.0 Å². The molecule has 27 heavy (non-hydrogen) atoms. The van der Waals surface area contributed by atoms with Gasteiger partial charge in [-0.1, -0.05) is 23.7 Å². The highest BCUT2D eigenvalue weighted by Crippen LogP contribution is 2.55. The van der Waals surface area contributed by atoms with Crippen molar-refractivity contribution in [1.82, 2.24) is 24.1 Å². The molecule has 2 atom stereocenters. The largest absolute Gasteiger partial charge is 0.334 e. The molecule has 134 valence electrons. The van der Waals surface area contributed by atoms with Gasteiger partial charge < -0.3 is 0 Å². The predicted molar refractivity (Wildman–Crippen MR) is 101 cm³/mol. The lowest BCUT2D eigenvalue weighted by Crippen LogP contribution is -2.28. The molecule has 0 bridgehead atoms. The molecule has 1 aromatic carbocycles. The van der Waals surface area contributed by atoms with Crippen molar-refractivity contribution in [2.45, 2.75) is 18.3 Å². The summed E-state index contributed by atoms with van der Waals surface area (Å²) in [7, 11) is 0. The molecule has 1 N–H and O–H groups in total. The summed E-state index contributed by atoms with van der Waals surface area (Å²) in [6.45, 7) is 0. The van der Waals surface area contributed by atoms with Gasteiger partial charge in [0.1, 0.15) is 0 Å². The molecule has 3 aromatic heterocycles. The van der Waals surface area contributed by atoms with E-state index in [1.54, 1.807) is 16.9 Å². The average molecular weight is 380 g/mol. The number of H-pyrrole nitrogens is 1. The second kappa shape index (κ2) is 5.92. The van der Waals surface area contributed by atoms with Gasteiger partial charge in [-0.15, -0.1) is 5.10 Å². The number of halogens is 1. The Kier molecular flexibility index (Phi) is 3.51. The highest BCUT2D eigenvalue weighted by atomic mass is 35.5. The van der Waals surface area contributed by atoms with Crippen molar-refractivity contribution in [3.63, 3.8) is 0 Å². The van der Waals surface area contributed by atoms with E-state index in [1.165, 1.54) is 22.4 Å². The fourth-order valence-electron chi connectivity index (χ4n) is 3.53. The van der Waals surface area contributed by atoms with Crippen LogP contribution < -0.4 is 11.2 Å². The third-order valence-electron chi connectivity index (χ3n) is 4.93. The van der Waals surface area contributed by atoms with Crippen LogP contribution in [0.5, 0.6) is 0 Å². The van der Waals surface area contributed by atoms with Gasteiger partial charge >= 0.3 is 5.69 Å². The van der Waals surface area contributed by atoms with Crippen molar-refractivity contribution in [2.75, 3.05) is 0 Å². The monoisotopic (exact) mass is 379 g/mol. The van der Waals surface area contributed by atoms with Crippen LogP contribution in [0.25, 0.3) is 11.5 Å². The van der Waals surface area contributed by atoms with Gasteiger partial charge in [0.2, 0.25) is 0 Å². The fourth-order valence-corrected chi connectivity index (χ4v) is 3.66. The van der Waals surface area contributed by atoms with Gasteiger partial charge in [-0.25, -0.2) is 14.3 Å². The van der Waals surface area contributed by atoms with E-state index < -0.39 is 11.2 Å². The van der Waals surface area contributed by atoms with Crippen molar-refractivity contribution in [1.29, 1.82) is 0 Å². The van der Waals surface area contributed by atoms with E-state index in [-0.39, 0.29) is 5.92 Å². The Morgan fingerprint density at radius 2 is 1.89 bits per heavy atom. The lowest BCUT2D eigenvalue weighted by Gasteiger charge is -2.09. The van der Waals surface area contributed by atoms with Crippen LogP contribution >= 0.6 is 11.6 Å². The molecule has 4 aromatic rings. The zero-order valence-electron chi connectivity index (χ0n) is 14.0. The SMILES string of the molecule is O=c1ccn(-c2cc([C@H]3C[C@@H]3c3ccc(Cl)cc3)c3nccn3n2)c(=O)[nH]1. The van der Waals surface area contributed by atoms with Gasteiger partial charge in [-0.2, -0.15) is 0 Å². The number of hydrogen-bond acceptors (Lipinski definition) is 4. The van der Waals surface area contributed by atoms with Gasteiger partial charge in [-0.3, -0.25) is 14.3 Å². The summed E-state index contributed by atoms with van der Waals surface area (Å²) in [6.07, 6.45) is 5.86. The summed E-state index contributed by atoms with van der Waals surface area (Å²) in [5.41, 5.74) is 2.07. The predicted octanol–water partition coefficient (Wildman–Crippen LogP) is 2.49. The number of nitrogens with one attached hydrogen (secondary N) is 1. The quantitative estimate of drug-likeness (QED) is 0.592. The number of aromatic nitrogens is 5. The molecule has 0 unspecified atom stereocenters. The smallest absolute Gasteiger partial charge is 0.274 e. The topological polar surface area (TPSA) is 85.0 Å². The number of fused-ring (bicyclic) bond motifs is 1. The fraction of sp³-hybridized carbons (Fsp3) is 0.158. The molecule has 0 radical (unpaired) electrons. The Morgan fingerprint density at radius 1 is 1.07 bits per heavy atom. The minimum absolute atomic E-state index is 0.288. The molecule has 1 fully saturated rings. The summed E-state index contributed by atoms with van der Waals surface area (Å²) in [5.74, 6) is 1.11. The molecule has 0 saturated heterocycles. The molecular weight excluding hydrogens is 366 g/mol. The van der Waals surface area contributed by atoms with E-state index in [1.807, 2.05) is 30.3 Å². The second-order valence-electron chi connectivity index (χ2n) is 6.63. The first kappa shape index (κ1) is 16.0. The molecule has 0 amide bonds. The normalized spacial score (nSPS) is 18.7. The molecule has 1 aliphatic rings. The second-order valence-corrected chi connectivity index (χ2v) is 7.07. The van der Waals surface area contributed by atoms with Crippen LogP contribution in [0.4, 0.5) is 0 Å². The van der Waals surface area contributed by atoms with Crippen molar-refractivity contribution in [3.8, 4) is 5.82 Å². The standard InChI is InChI=1S/C19H14ClN5O2/c20-12-3-1-11(2-4-12)13-9-14(13)15-10-16(23-25-8-6-21-18(15)25)24-7-5-17(26)22-19(24)27/h1-8,10,13-14H,9H2,(H,22,26,27)/t13-,14+/m1/s1. The van der Waals surface area contributed by atoms with E-state index in [9.17, 15) is 9.59 Å². The molecule has 0 aliphatic heterocycles. The van der Waals surface area contributed by atoms with Crippen LogP contribution in [0.3, 0.4) is 0 Å². The lowest BCUT2D eigenvalue weighted by atomic mass is 10.1. The van der Waals surface area contributed by atoms with E-state index in [4.69, 9.17) is 11.6 Å². The van der Waals surface area contributed by atoms with Crippen molar-refractivity contribution >= 4 is 17.2 Å². The van der Waals surface area contributed by atoms with Gasteiger partial charge in [0.25, 0.3) is 5.56 Å². The number of nitrogens with zero attached hydrogens (tertiary/aromatic N) is 4. The van der Waals surface area contributed by atoms with Crippen LogP contribution in [0.1, 0.15) is 29.4 Å². The first-order valence-corrected chi connectivity index (χ1v) is 8.90. The summed E-state index contributed by atoms with van der Waals surface area (Å²) in [4.78, 5) is 30.2. The van der Waals surface area contributed by atoms with Crippen LogP contribution in [0.2, 0.25) is 5.02 Å². The van der Waals surface area contributed by atoms with E-state index in [0.29, 0.717) is 11.7 Å². The number of hydrogen-bond donors (Lipinski definition) is 1. The highest BCUT2D eigenvalue weighted by Gasteiger charge is 2.41. The zero-order chi connectivity index (χ0) is 18.5. The maximum absolute atomic E-state index is 12.2. The van der Waals surface area contributed by atoms with Gasteiger partial charge in [0.15, 0.2) is 11.5 Å². The third-order valence-corrected chi connectivity index (χ3v) is 5.19. The maximum atomic E-state index is 12.2. The first-order valence-electron chi connectivity index (χ1n) is 8.52. The number of imidazole rings is 1. The molecule has 5 rings (SSSR count). The Hall–Kier alpha value is -3.19. The van der Waals surface area contributed by atoms with Gasteiger partial charge in [0, 0.05) is 35.2 Å². The van der Waals surface area contributed by atoms with E-state index in [2.05, 4.69) is 15.1 Å². The Balaban J connectivity index is 1.60. The summed E-state index contributed by atoms with van der Waals surface area (Å²) in [5, 5.41) is 5.17.